The Morgan fingerprint density at radius 2 is 2.25 bits per heavy atom. The van der Waals surface area contributed by atoms with E-state index in [1.165, 1.54) is 6.33 Å². The van der Waals surface area contributed by atoms with Gasteiger partial charge in [-0.2, -0.15) is 5.10 Å². The number of nitrogens with zero attached hydrogens (tertiary/aromatic N) is 4. The summed E-state index contributed by atoms with van der Waals surface area (Å²) in [5.74, 6) is 1.03. The van der Waals surface area contributed by atoms with Gasteiger partial charge in [0.25, 0.3) is 0 Å². The molecule has 2 aromatic rings. The number of halogens is 2. The van der Waals surface area contributed by atoms with Crippen LogP contribution in [0.3, 0.4) is 0 Å². The van der Waals surface area contributed by atoms with E-state index in [0.717, 1.165) is 22.1 Å². The van der Waals surface area contributed by atoms with E-state index in [-0.39, 0.29) is 0 Å². The number of hydrogen-bond acceptors (Lipinski definition) is 4. The summed E-state index contributed by atoms with van der Waals surface area (Å²) in [6.07, 6.45) is 3.31. The first-order valence-electron chi connectivity index (χ1n) is 4.80. The van der Waals surface area contributed by atoms with Gasteiger partial charge in [0.15, 0.2) is 11.6 Å². The van der Waals surface area contributed by atoms with Crippen LogP contribution in [-0.4, -0.2) is 25.1 Å². The van der Waals surface area contributed by atoms with E-state index in [9.17, 15) is 0 Å². The highest BCUT2D eigenvalue weighted by atomic mass is 127. The van der Waals surface area contributed by atoms with E-state index >= 15 is 0 Å². The fraction of sp³-hybridized carbons (Fsp3) is 0.333. The van der Waals surface area contributed by atoms with Gasteiger partial charge in [-0.05, 0) is 29.0 Å². The molecule has 0 radical (unpaired) electrons. The molecule has 5 nitrogen and oxygen atoms in total. The van der Waals surface area contributed by atoms with E-state index in [0.29, 0.717) is 16.8 Å². The first-order valence-corrected chi connectivity index (χ1v) is 6.25. The van der Waals surface area contributed by atoms with E-state index in [1.54, 1.807) is 0 Å². The highest BCUT2D eigenvalue weighted by Crippen LogP contribution is 2.22. The number of rotatable bonds is 3. The molecular formula is C9H9ClIN5. The summed E-state index contributed by atoms with van der Waals surface area (Å²) in [6, 6.07) is 0. The lowest BCUT2D eigenvalue weighted by Crippen LogP contribution is -2.01. The molecule has 7 heteroatoms. The second kappa shape index (κ2) is 5.05. The minimum Gasteiger partial charge on any atom is -0.257 e. The van der Waals surface area contributed by atoms with Crippen molar-refractivity contribution >= 4 is 34.2 Å². The largest absolute Gasteiger partial charge is 0.257 e. The monoisotopic (exact) mass is 349 g/mol. The summed E-state index contributed by atoms with van der Waals surface area (Å²) < 4.78 is 0.907. The van der Waals surface area contributed by atoms with Crippen molar-refractivity contribution < 1.29 is 0 Å². The molecule has 1 N–H and O–H groups in total. The van der Waals surface area contributed by atoms with E-state index in [2.05, 4.69) is 54.7 Å². The Labute approximate surface area is 111 Å². The summed E-state index contributed by atoms with van der Waals surface area (Å²) in [4.78, 5) is 12.6. The summed E-state index contributed by atoms with van der Waals surface area (Å²) >= 11 is 8.21. The van der Waals surface area contributed by atoms with Crippen LogP contribution in [0.5, 0.6) is 0 Å². The van der Waals surface area contributed by atoms with Crippen molar-refractivity contribution in [1.82, 2.24) is 25.1 Å². The van der Waals surface area contributed by atoms with Crippen molar-refractivity contribution in [2.75, 3.05) is 0 Å². The first-order chi connectivity index (χ1) is 7.72. The fourth-order valence-electron chi connectivity index (χ4n) is 1.28. The van der Waals surface area contributed by atoms with E-state index in [4.69, 9.17) is 11.6 Å². The van der Waals surface area contributed by atoms with Gasteiger partial charge in [0.1, 0.15) is 11.5 Å². The summed E-state index contributed by atoms with van der Waals surface area (Å²) in [6.45, 7) is 2.10. The van der Waals surface area contributed by atoms with Crippen LogP contribution in [0.1, 0.15) is 19.0 Å². The van der Waals surface area contributed by atoms with Gasteiger partial charge in [0, 0.05) is 0 Å². The topological polar surface area (TPSA) is 67.3 Å². The SMILES string of the molecule is CCCc1nc(-c2ncn[nH]2)nc(Cl)c1I. The third kappa shape index (κ3) is 2.32. The maximum atomic E-state index is 6.05. The molecule has 0 amide bonds. The second-order valence-corrected chi connectivity index (χ2v) is 4.62. The number of aromatic amines is 1. The lowest BCUT2D eigenvalue weighted by atomic mass is 10.2. The van der Waals surface area contributed by atoms with Crippen LogP contribution < -0.4 is 0 Å². The third-order valence-electron chi connectivity index (χ3n) is 1.99. The predicted octanol–water partition coefficient (Wildman–Crippen LogP) is 2.47. The summed E-state index contributed by atoms with van der Waals surface area (Å²) in [5, 5.41) is 6.95. The summed E-state index contributed by atoms with van der Waals surface area (Å²) in [5.41, 5.74) is 0.953. The second-order valence-electron chi connectivity index (χ2n) is 3.18. The Bertz CT molecular complexity index is 485. The average molecular weight is 350 g/mol. The average Bonchev–Trinajstić information content (AvgIpc) is 2.78. The predicted molar refractivity (Wildman–Crippen MR) is 69.1 cm³/mol. The first kappa shape index (κ1) is 11.7. The van der Waals surface area contributed by atoms with Gasteiger partial charge in [-0.25, -0.2) is 15.0 Å². The molecule has 2 heterocycles. The number of aromatic nitrogens is 5. The molecule has 2 rings (SSSR count). The third-order valence-corrected chi connectivity index (χ3v) is 3.72. The maximum Gasteiger partial charge on any atom is 0.198 e. The zero-order chi connectivity index (χ0) is 11.5. The van der Waals surface area contributed by atoms with Crippen LogP contribution in [0.25, 0.3) is 11.6 Å². The molecule has 2 aromatic heterocycles. The molecule has 0 unspecified atom stereocenters. The van der Waals surface area contributed by atoms with Gasteiger partial charge in [0.05, 0.1) is 9.26 Å². The zero-order valence-corrected chi connectivity index (χ0v) is 11.4. The molecular weight excluding hydrogens is 340 g/mol. The molecule has 0 saturated heterocycles. The summed E-state index contributed by atoms with van der Waals surface area (Å²) in [7, 11) is 0. The number of hydrogen-bond donors (Lipinski definition) is 1. The smallest absolute Gasteiger partial charge is 0.198 e. The number of nitrogens with one attached hydrogen (secondary N) is 1. The molecule has 0 aliphatic carbocycles. The molecule has 0 aliphatic rings. The van der Waals surface area contributed by atoms with Gasteiger partial charge >= 0.3 is 0 Å². The van der Waals surface area contributed by atoms with Crippen LogP contribution >= 0.6 is 34.2 Å². The van der Waals surface area contributed by atoms with Crippen LogP contribution in [0.2, 0.25) is 5.15 Å². The van der Waals surface area contributed by atoms with Crippen molar-refractivity contribution in [2.24, 2.45) is 0 Å². The van der Waals surface area contributed by atoms with Gasteiger partial charge < -0.3 is 0 Å². The molecule has 0 fully saturated rings. The molecule has 0 aliphatic heterocycles. The van der Waals surface area contributed by atoms with Crippen molar-refractivity contribution in [3.8, 4) is 11.6 Å². The molecule has 0 saturated carbocycles. The number of aryl methyl sites for hydroxylation is 1. The molecule has 0 bridgehead atoms. The van der Waals surface area contributed by atoms with Crippen LogP contribution in [0, 0.1) is 3.57 Å². The molecule has 0 atom stereocenters. The Balaban J connectivity index is 2.48. The quantitative estimate of drug-likeness (QED) is 0.683. The Kier molecular flexibility index (Phi) is 3.70. The lowest BCUT2D eigenvalue weighted by Gasteiger charge is -2.05. The van der Waals surface area contributed by atoms with Crippen molar-refractivity contribution in [3.63, 3.8) is 0 Å². The van der Waals surface area contributed by atoms with Crippen LogP contribution in [-0.2, 0) is 6.42 Å². The molecule has 0 aromatic carbocycles. The Hall–Kier alpha value is -0.760. The standard InChI is InChI=1S/C9H9ClIN5/c1-2-3-5-6(11)7(10)15-9(14-5)8-12-4-13-16-8/h4H,2-3H2,1H3,(H,12,13,16). The highest BCUT2D eigenvalue weighted by Gasteiger charge is 2.12. The van der Waals surface area contributed by atoms with E-state index < -0.39 is 0 Å². The molecule has 0 spiro atoms. The van der Waals surface area contributed by atoms with Gasteiger partial charge in [-0.3, -0.25) is 5.10 Å². The minimum atomic E-state index is 0.463. The van der Waals surface area contributed by atoms with E-state index in [1.807, 2.05) is 0 Å². The van der Waals surface area contributed by atoms with Gasteiger partial charge in [-0.15, -0.1) is 0 Å². The molecule has 16 heavy (non-hydrogen) atoms. The normalized spacial score (nSPS) is 10.7. The number of H-pyrrole nitrogens is 1. The van der Waals surface area contributed by atoms with Gasteiger partial charge in [-0.1, -0.05) is 24.9 Å². The van der Waals surface area contributed by atoms with Crippen molar-refractivity contribution in [3.05, 3.63) is 20.7 Å². The molecule has 84 valence electrons. The maximum absolute atomic E-state index is 6.05. The lowest BCUT2D eigenvalue weighted by molar-refractivity contribution is 0.863. The van der Waals surface area contributed by atoms with Crippen LogP contribution in [0.15, 0.2) is 6.33 Å². The highest BCUT2D eigenvalue weighted by molar-refractivity contribution is 14.1. The Morgan fingerprint density at radius 3 is 2.88 bits per heavy atom. The minimum absolute atomic E-state index is 0.463. The van der Waals surface area contributed by atoms with Gasteiger partial charge in [0.2, 0.25) is 0 Å². The van der Waals surface area contributed by atoms with Crippen LogP contribution in [0.4, 0.5) is 0 Å². The Morgan fingerprint density at radius 1 is 1.44 bits per heavy atom. The van der Waals surface area contributed by atoms with Crippen molar-refractivity contribution in [1.29, 1.82) is 0 Å². The van der Waals surface area contributed by atoms with Crippen molar-refractivity contribution in [2.45, 2.75) is 19.8 Å². The fourth-order valence-corrected chi connectivity index (χ4v) is 1.98. The zero-order valence-electron chi connectivity index (χ0n) is 8.54.